The Labute approximate surface area is 89.4 Å². The number of carboxylic acids is 1. The Morgan fingerprint density at radius 2 is 2.20 bits per heavy atom. The third kappa shape index (κ3) is 2.61. The fraction of sp³-hybridized carbons (Fsp3) is 0.800. The molecule has 2 atom stereocenters. The quantitative estimate of drug-likeness (QED) is 0.733. The highest BCUT2D eigenvalue weighted by atomic mass is 16.4. The van der Waals surface area contributed by atoms with Crippen LogP contribution in [-0.2, 0) is 4.79 Å². The molecule has 0 saturated carbocycles. The molecule has 1 fully saturated rings. The molecule has 2 N–H and O–H groups in total. The molecule has 0 aliphatic carbocycles. The summed E-state index contributed by atoms with van der Waals surface area (Å²) >= 11 is 0. The maximum absolute atomic E-state index is 11.6. The highest BCUT2D eigenvalue weighted by Crippen LogP contribution is 2.23. The molecule has 0 bridgehead atoms. The zero-order valence-electron chi connectivity index (χ0n) is 9.19. The number of rotatable bonds is 3. The molecule has 15 heavy (non-hydrogen) atoms. The summed E-state index contributed by atoms with van der Waals surface area (Å²) < 4.78 is 0. The Hall–Kier alpha value is -1.26. The lowest BCUT2D eigenvalue weighted by molar-refractivity contribution is -0.142. The summed E-state index contributed by atoms with van der Waals surface area (Å²) in [5, 5.41) is 11.7. The number of carboxylic acid groups (broad SMARTS) is 1. The van der Waals surface area contributed by atoms with E-state index >= 15 is 0 Å². The van der Waals surface area contributed by atoms with Gasteiger partial charge in [-0.1, -0.05) is 13.8 Å². The molecule has 1 aliphatic rings. The van der Waals surface area contributed by atoms with Crippen molar-refractivity contribution < 1.29 is 14.7 Å². The summed E-state index contributed by atoms with van der Waals surface area (Å²) in [4.78, 5) is 24.0. The standard InChI is InChI=1S/C10H18N2O3/c1-3-5-11-10(15)12-6-4-7(2)8(12)9(13)14/h7-8H,3-6H2,1-2H3,(H,11,15)(H,13,14). The highest BCUT2D eigenvalue weighted by molar-refractivity contribution is 5.83. The van der Waals surface area contributed by atoms with Gasteiger partial charge < -0.3 is 15.3 Å². The summed E-state index contributed by atoms with van der Waals surface area (Å²) in [5.41, 5.74) is 0. The van der Waals surface area contributed by atoms with Gasteiger partial charge in [0.25, 0.3) is 0 Å². The smallest absolute Gasteiger partial charge is 0.326 e. The van der Waals surface area contributed by atoms with Crippen molar-refractivity contribution >= 4 is 12.0 Å². The first-order valence-corrected chi connectivity index (χ1v) is 5.35. The lowest BCUT2D eigenvalue weighted by Crippen LogP contribution is -2.47. The largest absolute Gasteiger partial charge is 0.480 e. The number of nitrogens with one attached hydrogen (secondary N) is 1. The van der Waals surface area contributed by atoms with E-state index in [0.717, 1.165) is 12.8 Å². The third-order valence-corrected chi connectivity index (χ3v) is 2.74. The lowest BCUT2D eigenvalue weighted by atomic mass is 10.0. The van der Waals surface area contributed by atoms with Crippen LogP contribution in [0, 0.1) is 5.92 Å². The molecular formula is C10H18N2O3. The summed E-state index contributed by atoms with van der Waals surface area (Å²) in [6, 6.07) is -0.921. The predicted molar refractivity (Wildman–Crippen MR) is 55.6 cm³/mol. The molecule has 0 aromatic heterocycles. The van der Waals surface area contributed by atoms with Gasteiger partial charge in [-0.15, -0.1) is 0 Å². The molecule has 1 rings (SSSR count). The van der Waals surface area contributed by atoms with Gasteiger partial charge in [-0.05, 0) is 18.8 Å². The minimum atomic E-state index is -0.911. The van der Waals surface area contributed by atoms with Crippen LogP contribution in [0.5, 0.6) is 0 Å². The van der Waals surface area contributed by atoms with Crippen molar-refractivity contribution in [2.45, 2.75) is 32.7 Å². The number of hydrogen-bond acceptors (Lipinski definition) is 2. The number of aliphatic carboxylic acids is 1. The Morgan fingerprint density at radius 3 is 2.73 bits per heavy atom. The van der Waals surface area contributed by atoms with Crippen molar-refractivity contribution in [1.82, 2.24) is 10.2 Å². The first-order chi connectivity index (χ1) is 7.07. The molecule has 0 aromatic rings. The normalized spacial score (nSPS) is 25.3. The number of carbonyl (C=O) groups excluding carboxylic acids is 1. The van der Waals surface area contributed by atoms with E-state index in [2.05, 4.69) is 5.32 Å². The lowest BCUT2D eigenvalue weighted by Gasteiger charge is -2.23. The van der Waals surface area contributed by atoms with Crippen LogP contribution >= 0.6 is 0 Å². The molecule has 2 unspecified atom stereocenters. The zero-order valence-corrected chi connectivity index (χ0v) is 9.19. The van der Waals surface area contributed by atoms with Crippen molar-refractivity contribution in [2.24, 2.45) is 5.92 Å². The Morgan fingerprint density at radius 1 is 1.53 bits per heavy atom. The fourth-order valence-electron chi connectivity index (χ4n) is 1.88. The van der Waals surface area contributed by atoms with Crippen LogP contribution in [0.4, 0.5) is 4.79 Å². The zero-order chi connectivity index (χ0) is 11.4. The van der Waals surface area contributed by atoms with Crippen LogP contribution in [0.3, 0.4) is 0 Å². The van der Waals surface area contributed by atoms with E-state index in [1.54, 1.807) is 0 Å². The van der Waals surface area contributed by atoms with E-state index in [1.165, 1.54) is 4.90 Å². The molecule has 1 heterocycles. The van der Waals surface area contributed by atoms with Crippen molar-refractivity contribution in [3.63, 3.8) is 0 Å². The second-order valence-corrected chi connectivity index (χ2v) is 3.97. The minimum Gasteiger partial charge on any atom is -0.480 e. The van der Waals surface area contributed by atoms with Crippen LogP contribution in [0.25, 0.3) is 0 Å². The summed E-state index contributed by atoms with van der Waals surface area (Å²) in [7, 11) is 0. The maximum Gasteiger partial charge on any atom is 0.326 e. The van der Waals surface area contributed by atoms with E-state index in [0.29, 0.717) is 13.1 Å². The molecule has 5 nitrogen and oxygen atoms in total. The summed E-state index contributed by atoms with van der Waals surface area (Å²) in [5.74, 6) is -0.874. The van der Waals surface area contributed by atoms with E-state index in [4.69, 9.17) is 5.11 Å². The number of carbonyl (C=O) groups is 2. The molecule has 5 heteroatoms. The van der Waals surface area contributed by atoms with Crippen LogP contribution < -0.4 is 5.32 Å². The number of nitrogens with zero attached hydrogens (tertiary/aromatic N) is 1. The second kappa shape index (κ2) is 5.00. The Bertz CT molecular complexity index is 255. The summed E-state index contributed by atoms with van der Waals surface area (Å²) in [6.07, 6.45) is 1.61. The highest BCUT2D eigenvalue weighted by Gasteiger charge is 2.39. The molecule has 1 aliphatic heterocycles. The van der Waals surface area contributed by atoms with Gasteiger partial charge in [0.1, 0.15) is 6.04 Å². The van der Waals surface area contributed by atoms with Gasteiger partial charge in [-0.2, -0.15) is 0 Å². The third-order valence-electron chi connectivity index (χ3n) is 2.74. The van der Waals surface area contributed by atoms with Gasteiger partial charge in [-0.25, -0.2) is 9.59 Å². The van der Waals surface area contributed by atoms with E-state index in [-0.39, 0.29) is 11.9 Å². The average molecular weight is 214 g/mol. The monoisotopic (exact) mass is 214 g/mol. The van der Waals surface area contributed by atoms with Gasteiger partial charge in [0.15, 0.2) is 0 Å². The molecule has 1 saturated heterocycles. The first-order valence-electron chi connectivity index (χ1n) is 5.35. The topological polar surface area (TPSA) is 69.6 Å². The predicted octanol–water partition coefficient (Wildman–Crippen LogP) is 0.901. The second-order valence-electron chi connectivity index (χ2n) is 3.97. The SMILES string of the molecule is CCCNC(=O)N1CCC(C)C1C(=O)O. The van der Waals surface area contributed by atoms with Gasteiger partial charge in [0, 0.05) is 13.1 Å². The van der Waals surface area contributed by atoms with Gasteiger partial charge in [0.2, 0.25) is 0 Å². The Balaban J connectivity index is 2.60. The molecule has 0 aromatic carbocycles. The number of urea groups is 1. The fourth-order valence-corrected chi connectivity index (χ4v) is 1.88. The molecule has 2 amide bonds. The summed E-state index contributed by atoms with van der Waals surface area (Å²) in [6.45, 7) is 4.96. The number of hydrogen-bond donors (Lipinski definition) is 2. The molecule has 86 valence electrons. The first kappa shape index (κ1) is 11.8. The van der Waals surface area contributed by atoms with E-state index in [9.17, 15) is 9.59 Å². The average Bonchev–Trinajstić information content (AvgIpc) is 2.56. The molecule has 0 radical (unpaired) electrons. The van der Waals surface area contributed by atoms with Crippen molar-refractivity contribution in [2.75, 3.05) is 13.1 Å². The maximum atomic E-state index is 11.6. The van der Waals surface area contributed by atoms with Crippen LogP contribution in [0.1, 0.15) is 26.7 Å². The van der Waals surface area contributed by atoms with E-state index < -0.39 is 12.0 Å². The van der Waals surface area contributed by atoms with E-state index in [1.807, 2.05) is 13.8 Å². The minimum absolute atomic E-state index is 0.0369. The van der Waals surface area contributed by atoms with Gasteiger partial charge in [0.05, 0.1) is 0 Å². The van der Waals surface area contributed by atoms with Crippen molar-refractivity contribution in [3.8, 4) is 0 Å². The number of likely N-dealkylation sites (tertiary alicyclic amines) is 1. The van der Waals surface area contributed by atoms with Crippen molar-refractivity contribution in [3.05, 3.63) is 0 Å². The van der Waals surface area contributed by atoms with Crippen molar-refractivity contribution in [1.29, 1.82) is 0 Å². The number of amides is 2. The van der Waals surface area contributed by atoms with Crippen LogP contribution in [0.2, 0.25) is 0 Å². The van der Waals surface area contributed by atoms with Crippen LogP contribution in [0.15, 0.2) is 0 Å². The van der Waals surface area contributed by atoms with Crippen LogP contribution in [-0.4, -0.2) is 41.1 Å². The van der Waals surface area contributed by atoms with Gasteiger partial charge >= 0.3 is 12.0 Å². The Kier molecular flexibility index (Phi) is 3.94. The molecule has 0 spiro atoms. The molecular weight excluding hydrogens is 196 g/mol. The van der Waals surface area contributed by atoms with Gasteiger partial charge in [-0.3, -0.25) is 0 Å².